The predicted molar refractivity (Wildman–Crippen MR) is 136 cm³/mol. The lowest BCUT2D eigenvalue weighted by molar-refractivity contribution is 0.271. The van der Waals surface area contributed by atoms with Crippen LogP contribution in [0.5, 0.6) is 0 Å². The van der Waals surface area contributed by atoms with Gasteiger partial charge in [0.25, 0.3) is 0 Å². The zero-order valence-corrected chi connectivity index (χ0v) is 20.5. The molecule has 0 unspecified atom stereocenters. The number of likely N-dealkylation sites (N-methyl/N-ethyl adjacent to an activating group) is 1. The number of anilines is 4. The second-order valence-electron chi connectivity index (χ2n) is 8.90. The normalized spacial score (nSPS) is 17.3. The van der Waals surface area contributed by atoms with Gasteiger partial charge >= 0.3 is 0 Å². The SMILES string of the molecule is CCN1CCN(c2ccc(Nc3ncc(F)c(-c4sc(NC5CCCC5)nc4C)n3)nc2)CC1. The topological polar surface area (TPSA) is 82.1 Å². The number of aromatic nitrogens is 4. The molecule has 5 rings (SSSR count). The fourth-order valence-electron chi connectivity index (χ4n) is 4.59. The molecule has 2 fully saturated rings. The molecule has 8 nitrogen and oxygen atoms in total. The van der Waals surface area contributed by atoms with Gasteiger partial charge in [0, 0.05) is 32.2 Å². The minimum absolute atomic E-state index is 0.261. The third-order valence-electron chi connectivity index (χ3n) is 6.61. The van der Waals surface area contributed by atoms with Crippen molar-refractivity contribution in [1.82, 2.24) is 24.8 Å². The lowest BCUT2D eigenvalue weighted by Crippen LogP contribution is -2.46. The molecule has 0 aromatic carbocycles. The summed E-state index contributed by atoms with van der Waals surface area (Å²) in [6, 6.07) is 4.42. The Labute approximate surface area is 203 Å². The molecule has 3 aromatic rings. The Morgan fingerprint density at radius 1 is 1.06 bits per heavy atom. The van der Waals surface area contributed by atoms with E-state index in [0.29, 0.717) is 17.8 Å². The van der Waals surface area contributed by atoms with Gasteiger partial charge in [-0.3, -0.25) is 0 Å². The van der Waals surface area contributed by atoms with Crippen LogP contribution in [0.2, 0.25) is 0 Å². The number of thiazole rings is 1. The molecule has 34 heavy (non-hydrogen) atoms. The minimum atomic E-state index is -0.459. The van der Waals surface area contributed by atoms with Crippen molar-refractivity contribution in [2.45, 2.75) is 45.6 Å². The number of hydrogen-bond donors (Lipinski definition) is 2. The predicted octanol–water partition coefficient (Wildman–Crippen LogP) is 4.68. The first-order valence-corrected chi connectivity index (χ1v) is 12.9. The number of hydrogen-bond acceptors (Lipinski definition) is 9. The lowest BCUT2D eigenvalue weighted by atomic mass is 10.2. The minimum Gasteiger partial charge on any atom is -0.368 e. The van der Waals surface area contributed by atoms with Crippen LogP contribution in [0.3, 0.4) is 0 Å². The van der Waals surface area contributed by atoms with Gasteiger partial charge in [-0.1, -0.05) is 31.1 Å². The summed E-state index contributed by atoms with van der Waals surface area (Å²) in [4.78, 5) is 23.2. The number of pyridine rings is 1. The van der Waals surface area contributed by atoms with E-state index < -0.39 is 5.82 Å². The highest BCUT2D eigenvalue weighted by molar-refractivity contribution is 7.19. The van der Waals surface area contributed by atoms with Crippen molar-refractivity contribution in [3.63, 3.8) is 0 Å². The molecule has 0 amide bonds. The average Bonchev–Trinajstić information content (AvgIpc) is 3.50. The van der Waals surface area contributed by atoms with Crippen molar-refractivity contribution in [1.29, 1.82) is 0 Å². The molecule has 1 saturated carbocycles. The van der Waals surface area contributed by atoms with Gasteiger partial charge in [-0.2, -0.15) is 0 Å². The second-order valence-corrected chi connectivity index (χ2v) is 9.90. The smallest absolute Gasteiger partial charge is 0.229 e. The first kappa shape index (κ1) is 22.9. The number of piperazine rings is 1. The van der Waals surface area contributed by atoms with Gasteiger partial charge in [0.15, 0.2) is 10.9 Å². The summed E-state index contributed by atoms with van der Waals surface area (Å²) in [7, 11) is 0. The Morgan fingerprint density at radius 3 is 2.56 bits per heavy atom. The number of halogens is 1. The largest absolute Gasteiger partial charge is 0.368 e. The van der Waals surface area contributed by atoms with Crippen LogP contribution in [0.25, 0.3) is 10.6 Å². The van der Waals surface area contributed by atoms with E-state index in [4.69, 9.17) is 0 Å². The van der Waals surface area contributed by atoms with E-state index in [9.17, 15) is 4.39 Å². The first-order valence-electron chi connectivity index (χ1n) is 12.1. The van der Waals surface area contributed by atoms with Crippen molar-refractivity contribution in [3.8, 4) is 10.6 Å². The molecular weight excluding hydrogens is 451 g/mol. The summed E-state index contributed by atoms with van der Waals surface area (Å²) >= 11 is 1.44. The van der Waals surface area contributed by atoms with Crippen LogP contribution in [0.1, 0.15) is 38.3 Å². The van der Waals surface area contributed by atoms with E-state index in [1.165, 1.54) is 30.4 Å². The highest BCUT2D eigenvalue weighted by Crippen LogP contribution is 2.35. The Balaban J connectivity index is 1.28. The number of nitrogens with one attached hydrogen (secondary N) is 2. The summed E-state index contributed by atoms with van der Waals surface area (Å²) in [5.41, 5.74) is 2.13. The Morgan fingerprint density at radius 2 is 1.85 bits per heavy atom. The summed E-state index contributed by atoms with van der Waals surface area (Å²) in [6.07, 6.45) is 7.87. The monoisotopic (exact) mass is 482 g/mol. The Hall–Kier alpha value is -2.85. The molecule has 1 saturated heterocycles. The van der Waals surface area contributed by atoms with Gasteiger partial charge in [0.1, 0.15) is 11.5 Å². The maximum atomic E-state index is 14.7. The van der Waals surface area contributed by atoms with E-state index in [2.05, 4.69) is 53.4 Å². The summed E-state index contributed by atoms with van der Waals surface area (Å²) in [5, 5.41) is 7.43. The van der Waals surface area contributed by atoms with Crippen LogP contribution < -0.4 is 15.5 Å². The van der Waals surface area contributed by atoms with Crippen LogP contribution in [0.15, 0.2) is 24.5 Å². The van der Waals surface area contributed by atoms with Crippen molar-refractivity contribution in [3.05, 3.63) is 36.0 Å². The van der Waals surface area contributed by atoms with Gasteiger partial charge < -0.3 is 20.4 Å². The Kier molecular flexibility index (Phi) is 6.87. The molecule has 3 aromatic heterocycles. The van der Waals surface area contributed by atoms with E-state index in [-0.39, 0.29) is 5.69 Å². The zero-order chi connectivity index (χ0) is 23.5. The van der Waals surface area contributed by atoms with Gasteiger partial charge in [0.05, 0.1) is 28.7 Å². The molecule has 180 valence electrons. The first-order chi connectivity index (χ1) is 16.6. The molecule has 1 aliphatic carbocycles. The molecule has 0 spiro atoms. The number of aryl methyl sites for hydroxylation is 1. The highest BCUT2D eigenvalue weighted by atomic mass is 32.1. The van der Waals surface area contributed by atoms with E-state index in [1.807, 2.05) is 19.2 Å². The molecule has 0 radical (unpaired) electrons. The lowest BCUT2D eigenvalue weighted by Gasteiger charge is -2.35. The number of rotatable bonds is 7. The average molecular weight is 483 g/mol. The van der Waals surface area contributed by atoms with E-state index in [1.54, 1.807) is 0 Å². The highest BCUT2D eigenvalue weighted by Gasteiger charge is 2.21. The fourth-order valence-corrected chi connectivity index (χ4v) is 5.63. The molecular formula is C24H31FN8S. The zero-order valence-electron chi connectivity index (χ0n) is 19.7. The third kappa shape index (κ3) is 5.12. The maximum absolute atomic E-state index is 14.7. The molecule has 0 bridgehead atoms. The maximum Gasteiger partial charge on any atom is 0.229 e. The van der Waals surface area contributed by atoms with E-state index in [0.717, 1.165) is 67.0 Å². The molecule has 1 aliphatic heterocycles. The summed E-state index contributed by atoms with van der Waals surface area (Å²) < 4.78 is 14.7. The molecule has 10 heteroatoms. The second kappa shape index (κ2) is 10.2. The molecule has 2 aliphatic rings. The van der Waals surface area contributed by atoms with Crippen LogP contribution in [-0.2, 0) is 0 Å². The third-order valence-corrected chi connectivity index (χ3v) is 7.71. The standard InChI is InChI=1S/C24H31FN8S/c1-3-32-10-12-33(13-11-32)18-8-9-20(26-14-18)30-23-27-15-19(25)21(31-23)22-16(2)28-24(34-22)29-17-6-4-5-7-17/h8-9,14-15,17H,3-7,10-13H2,1-2H3,(H,28,29)(H,26,27,30,31). The number of nitrogens with zero attached hydrogens (tertiary/aromatic N) is 6. The van der Waals surface area contributed by atoms with Crippen LogP contribution >= 0.6 is 11.3 Å². The van der Waals surface area contributed by atoms with Gasteiger partial charge in [0.2, 0.25) is 5.95 Å². The Bertz CT molecular complexity index is 1100. The van der Waals surface area contributed by atoms with Crippen molar-refractivity contribution in [2.75, 3.05) is 48.3 Å². The molecule has 0 atom stereocenters. The summed E-state index contributed by atoms with van der Waals surface area (Å²) in [5.74, 6) is 0.476. The summed E-state index contributed by atoms with van der Waals surface area (Å²) in [6.45, 7) is 9.31. The molecule has 4 heterocycles. The van der Waals surface area contributed by atoms with Crippen molar-refractivity contribution in [2.24, 2.45) is 0 Å². The van der Waals surface area contributed by atoms with E-state index >= 15 is 0 Å². The van der Waals surface area contributed by atoms with Crippen LogP contribution in [0.4, 0.5) is 27.0 Å². The van der Waals surface area contributed by atoms with Crippen LogP contribution in [-0.4, -0.2) is 63.6 Å². The van der Waals surface area contributed by atoms with Crippen molar-refractivity contribution < 1.29 is 4.39 Å². The van der Waals surface area contributed by atoms with Crippen LogP contribution in [0, 0.1) is 12.7 Å². The van der Waals surface area contributed by atoms with Gasteiger partial charge in [-0.25, -0.2) is 24.3 Å². The quantitative estimate of drug-likeness (QED) is 0.502. The molecule has 2 N–H and O–H groups in total. The van der Waals surface area contributed by atoms with Crippen molar-refractivity contribution >= 4 is 33.9 Å². The van der Waals surface area contributed by atoms with Gasteiger partial charge in [-0.05, 0) is 38.4 Å². The van der Waals surface area contributed by atoms with Gasteiger partial charge in [-0.15, -0.1) is 0 Å². The fraction of sp³-hybridized carbons (Fsp3) is 0.500.